The van der Waals surface area contributed by atoms with E-state index in [4.69, 9.17) is 4.74 Å². The summed E-state index contributed by atoms with van der Waals surface area (Å²) in [5, 5.41) is 10.6. The van der Waals surface area contributed by atoms with Gasteiger partial charge in [-0.15, -0.1) is 0 Å². The van der Waals surface area contributed by atoms with Crippen LogP contribution in [-0.4, -0.2) is 4.92 Å². The van der Waals surface area contributed by atoms with Crippen molar-refractivity contribution in [3.63, 3.8) is 0 Å². The molecular formula is C14H11F2NO3. The van der Waals surface area contributed by atoms with Crippen LogP contribution < -0.4 is 4.74 Å². The van der Waals surface area contributed by atoms with E-state index in [9.17, 15) is 18.9 Å². The fourth-order valence-electron chi connectivity index (χ4n) is 1.76. The Bertz CT molecular complexity index is 645. The number of hydrogen-bond donors (Lipinski definition) is 0. The van der Waals surface area contributed by atoms with Crippen molar-refractivity contribution >= 4 is 5.69 Å². The Hall–Kier alpha value is -2.50. The number of nitrogens with zero attached hydrogens (tertiary/aromatic N) is 1. The Labute approximate surface area is 113 Å². The monoisotopic (exact) mass is 279 g/mol. The van der Waals surface area contributed by atoms with Crippen LogP contribution in [0.3, 0.4) is 0 Å². The Morgan fingerprint density at radius 2 is 1.90 bits per heavy atom. The standard InChI is InChI=1S/C14H11F2NO3/c1-9-13(16)12(17(18)19)7-11(15)14(9)20-8-10-5-3-2-4-6-10/h2-7H,8H2,1H3. The molecule has 0 heterocycles. The first-order valence-electron chi connectivity index (χ1n) is 5.80. The van der Waals surface area contributed by atoms with Gasteiger partial charge in [0.2, 0.25) is 5.82 Å². The number of hydrogen-bond acceptors (Lipinski definition) is 3. The van der Waals surface area contributed by atoms with Gasteiger partial charge < -0.3 is 4.74 Å². The fraction of sp³-hybridized carbons (Fsp3) is 0.143. The molecule has 20 heavy (non-hydrogen) atoms. The van der Waals surface area contributed by atoms with Crippen molar-refractivity contribution in [3.05, 3.63) is 69.3 Å². The summed E-state index contributed by atoms with van der Waals surface area (Å²) >= 11 is 0. The molecular weight excluding hydrogens is 268 g/mol. The van der Waals surface area contributed by atoms with Crippen molar-refractivity contribution in [1.82, 2.24) is 0 Å². The minimum atomic E-state index is -1.08. The molecule has 0 unspecified atom stereocenters. The highest BCUT2D eigenvalue weighted by molar-refractivity contribution is 5.46. The molecule has 0 amide bonds. The highest BCUT2D eigenvalue weighted by atomic mass is 19.1. The Morgan fingerprint density at radius 3 is 2.50 bits per heavy atom. The number of halogens is 2. The van der Waals surface area contributed by atoms with Gasteiger partial charge in [0.05, 0.1) is 11.0 Å². The maximum atomic E-state index is 13.8. The van der Waals surface area contributed by atoms with Crippen molar-refractivity contribution in [2.45, 2.75) is 13.5 Å². The number of nitro benzene ring substituents is 1. The first kappa shape index (κ1) is 13.9. The van der Waals surface area contributed by atoms with Crippen LogP contribution in [0.15, 0.2) is 36.4 Å². The first-order valence-corrected chi connectivity index (χ1v) is 5.80. The van der Waals surface area contributed by atoms with Crippen molar-refractivity contribution in [3.8, 4) is 5.75 Å². The smallest absolute Gasteiger partial charge is 0.308 e. The second-order valence-corrected chi connectivity index (χ2v) is 4.18. The molecule has 4 nitrogen and oxygen atoms in total. The lowest BCUT2D eigenvalue weighted by Gasteiger charge is -2.11. The predicted octanol–water partition coefficient (Wildman–Crippen LogP) is 3.76. The van der Waals surface area contributed by atoms with Gasteiger partial charge in [-0.05, 0) is 12.5 Å². The van der Waals surface area contributed by atoms with Crippen molar-refractivity contribution < 1.29 is 18.4 Å². The van der Waals surface area contributed by atoms with E-state index in [0.717, 1.165) is 5.56 Å². The van der Waals surface area contributed by atoms with Gasteiger partial charge in [-0.3, -0.25) is 10.1 Å². The summed E-state index contributed by atoms with van der Waals surface area (Å²) in [5.74, 6) is -2.34. The third-order valence-corrected chi connectivity index (χ3v) is 2.80. The molecule has 2 aromatic carbocycles. The average Bonchev–Trinajstić information content (AvgIpc) is 2.43. The van der Waals surface area contributed by atoms with E-state index >= 15 is 0 Å². The van der Waals surface area contributed by atoms with Crippen LogP contribution in [0, 0.1) is 28.7 Å². The zero-order valence-corrected chi connectivity index (χ0v) is 10.6. The van der Waals surface area contributed by atoms with Gasteiger partial charge in [-0.1, -0.05) is 30.3 Å². The Balaban J connectivity index is 2.29. The molecule has 0 fully saturated rings. The van der Waals surface area contributed by atoms with E-state index < -0.39 is 22.2 Å². The summed E-state index contributed by atoms with van der Waals surface area (Å²) in [6, 6.07) is 9.48. The summed E-state index contributed by atoms with van der Waals surface area (Å²) in [5.41, 5.74) is -0.329. The Kier molecular flexibility index (Phi) is 3.93. The molecule has 2 rings (SSSR count). The van der Waals surface area contributed by atoms with Crippen molar-refractivity contribution in [1.29, 1.82) is 0 Å². The van der Waals surface area contributed by atoms with Gasteiger partial charge >= 0.3 is 5.69 Å². The average molecular weight is 279 g/mol. The molecule has 0 N–H and O–H groups in total. The number of benzene rings is 2. The zero-order chi connectivity index (χ0) is 14.7. The molecule has 0 radical (unpaired) electrons. The highest BCUT2D eigenvalue weighted by Crippen LogP contribution is 2.31. The molecule has 0 bridgehead atoms. The zero-order valence-electron chi connectivity index (χ0n) is 10.6. The van der Waals surface area contributed by atoms with Crippen LogP contribution in [0.25, 0.3) is 0 Å². The van der Waals surface area contributed by atoms with Crippen LogP contribution in [0.1, 0.15) is 11.1 Å². The van der Waals surface area contributed by atoms with Crippen LogP contribution in [0.2, 0.25) is 0 Å². The summed E-state index contributed by atoms with van der Waals surface area (Å²) in [4.78, 5) is 9.61. The second kappa shape index (κ2) is 5.64. The molecule has 0 saturated heterocycles. The van der Waals surface area contributed by atoms with E-state index in [0.29, 0.717) is 6.07 Å². The molecule has 104 valence electrons. The largest absolute Gasteiger partial charge is 0.485 e. The topological polar surface area (TPSA) is 52.4 Å². The number of ether oxygens (including phenoxy) is 1. The molecule has 0 aliphatic heterocycles. The lowest BCUT2D eigenvalue weighted by atomic mass is 10.1. The molecule has 0 aliphatic rings. The summed E-state index contributed by atoms with van der Waals surface area (Å²) in [6.45, 7) is 1.29. The summed E-state index contributed by atoms with van der Waals surface area (Å²) < 4.78 is 32.7. The van der Waals surface area contributed by atoms with E-state index in [1.165, 1.54) is 6.92 Å². The van der Waals surface area contributed by atoms with E-state index in [1.807, 2.05) is 6.07 Å². The third-order valence-electron chi connectivity index (χ3n) is 2.80. The van der Waals surface area contributed by atoms with Crippen molar-refractivity contribution in [2.75, 3.05) is 0 Å². The maximum Gasteiger partial charge on any atom is 0.308 e. The minimum Gasteiger partial charge on any atom is -0.485 e. The second-order valence-electron chi connectivity index (χ2n) is 4.18. The van der Waals surface area contributed by atoms with Gasteiger partial charge in [0.15, 0.2) is 11.6 Å². The van der Waals surface area contributed by atoms with Gasteiger partial charge in [-0.2, -0.15) is 4.39 Å². The van der Waals surface area contributed by atoms with Crippen LogP contribution in [-0.2, 0) is 6.61 Å². The van der Waals surface area contributed by atoms with E-state index in [1.54, 1.807) is 24.3 Å². The first-order chi connectivity index (χ1) is 9.50. The third kappa shape index (κ3) is 2.74. The van der Waals surface area contributed by atoms with Crippen LogP contribution in [0.5, 0.6) is 5.75 Å². The molecule has 0 aromatic heterocycles. The van der Waals surface area contributed by atoms with E-state index in [2.05, 4.69) is 0 Å². The minimum absolute atomic E-state index is 0.0514. The molecule has 2 aromatic rings. The SMILES string of the molecule is Cc1c(F)c([N+](=O)[O-])cc(F)c1OCc1ccccc1. The molecule has 0 atom stereocenters. The quantitative estimate of drug-likeness (QED) is 0.632. The molecule has 0 saturated carbocycles. The fourth-order valence-corrected chi connectivity index (χ4v) is 1.76. The predicted molar refractivity (Wildman–Crippen MR) is 68.5 cm³/mol. The van der Waals surface area contributed by atoms with Crippen LogP contribution >= 0.6 is 0 Å². The van der Waals surface area contributed by atoms with Crippen molar-refractivity contribution in [2.24, 2.45) is 0 Å². The summed E-state index contributed by atoms with van der Waals surface area (Å²) in [7, 11) is 0. The Morgan fingerprint density at radius 1 is 1.25 bits per heavy atom. The molecule has 0 aliphatic carbocycles. The van der Waals surface area contributed by atoms with Gasteiger partial charge in [-0.25, -0.2) is 4.39 Å². The lowest BCUT2D eigenvalue weighted by Crippen LogP contribution is -2.03. The highest BCUT2D eigenvalue weighted by Gasteiger charge is 2.23. The van der Waals surface area contributed by atoms with Gasteiger partial charge in [0.1, 0.15) is 6.61 Å². The van der Waals surface area contributed by atoms with Gasteiger partial charge in [0.25, 0.3) is 0 Å². The van der Waals surface area contributed by atoms with Crippen LogP contribution in [0.4, 0.5) is 14.5 Å². The van der Waals surface area contributed by atoms with Gasteiger partial charge in [0, 0.05) is 5.56 Å². The summed E-state index contributed by atoms with van der Waals surface area (Å²) in [6.07, 6.45) is 0. The number of nitro groups is 1. The molecule has 0 spiro atoms. The normalized spacial score (nSPS) is 10.3. The number of rotatable bonds is 4. The van der Waals surface area contributed by atoms with E-state index in [-0.39, 0.29) is 17.9 Å². The maximum absolute atomic E-state index is 13.8. The lowest BCUT2D eigenvalue weighted by molar-refractivity contribution is -0.387. The molecule has 6 heteroatoms.